The molecular weight excluding hydrogens is 410 g/mol. The molecule has 10 heteroatoms. The van der Waals surface area contributed by atoms with Crippen molar-refractivity contribution in [2.24, 2.45) is 5.92 Å². The summed E-state index contributed by atoms with van der Waals surface area (Å²) in [7, 11) is -3.74. The Balaban J connectivity index is 1.50. The highest BCUT2D eigenvalue weighted by Crippen LogP contribution is 2.21. The molecule has 0 spiro atoms. The van der Waals surface area contributed by atoms with Gasteiger partial charge < -0.3 is 4.90 Å². The van der Waals surface area contributed by atoms with Crippen molar-refractivity contribution in [3.05, 3.63) is 35.4 Å². The van der Waals surface area contributed by atoms with Crippen LogP contribution in [0.2, 0.25) is 0 Å². The molecule has 1 unspecified atom stereocenters. The topological polar surface area (TPSA) is 104 Å². The van der Waals surface area contributed by atoms with E-state index >= 15 is 0 Å². The number of aromatic nitrogens is 2. The van der Waals surface area contributed by atoms with Gasteiger partial charge in [-0.3, -0.25) is 10.1 Å². The van der Waals surface area contributed by atoms with Crippen molar-refractivity contribution in [3.8, 4) is 0 Å². The Hall–Kier alpha value is -1.88. The van der Waals surface area contributed by atoms with Gasteiger partial charge in [-0.05, 0) is 56.8 Å². The highest BCUT2D eigenvalue weighted by Gasteiger charge is 2.21. The standard InChI is InChI=1S/C19H27N5O3S2/c1-14-7-5-11-24(13-14)12-6-10-20-29(26,27)19-23-22-18(28-19)21-17(25)16-9-4-3-8-15(16)2/h3-4,8-9,14,20H,5-7,10-13H2,1-2H3,(H,21,22,25). The molecule has 158 valence electrons. The summed E-state index contributed by atoms with van der Waals surface area (Å²) >= 11 is 0.840. The summed E-state index contributed by atoms with van der Waals surface area (Å²) in [6.45, 7) is 7.46. The number of amides is 1. The van der Waals surface area contributed by atoms with Gasteiger partial charge in [-0.1, -0.05) is 36.5 Å². The smallest absolute Gasteiger partial charge is 0.269 e. The number of likely N-dealkylation sites (tertiary alicyclic amines) is 1. The number of piperidine rings is 1. The van der Waals surface area contributed by atoms with E-state index in [-0.39, 0.29) is 15.4 Å². The number of anilines is 1. The molecule has 8 nitrogen and oxygen atoms in total. The predicted molar refractivity (Wildman–Crippen MR) is 114 cm³/mol. The van der Waals surface area contributed by atoms with Crippen LogP contribution in [-0.4, -0.2) is 55.6 Å². The minimum Gasteiger partial charge on any atom is -0.303 e. The number of carbonyl (C=O) groups excluding carboxylic acids is 1. The predicted octanol–water partition coefficient (Wildman–Crippen LogP) is 2.50. The van der Waals surface area contributed by atoms with E-state index in [0.29, 0.717) is 18.0 Å². The van der Waals surface area contributed by atoms with E-state index < -0.39 is 10.0 Å². The maximum absolute atomic E-state index is 12.4. The lowest BCUT2D eigenvalue weighted by molar-refractivity contribution is 0.102. The van der Waals surface area contributed by atoms with Crippen LogP contribution in [0, 0.1) is 12.8 Å². The van der Waals surface area contributed by atoms with Crippen LogP contribution in [0.3, 0.4) is 0 Å². The van der Waals surface area contributed by atoms with Crippen molar-refractivity contribution in [1.29, 1.82) is 0 Å². The molecule has 1 aliphatic heterocycles. The zero-order valence-corrected chi connectivity index (χ0v) is 18.4. The molecule has 1 fully saturated rings. The van der Waals surface area contributed by atoms with Crippen LogP contribution in [0.4, 0.5) is 5.13 Å². The molecule has 1 aromatic heterocycles. The summed E-state index contributed by atoms with van der Waals surface area (Å²) in [5.41, 5.74) is 1.34. The fraction of sp³-hybridized carbons (Fsp3) is 0.526. The highest BCUT2D eigenvalue weighted by atomic mass is 32.2. The van der Waals surface area contributed by atoms with Crippen LogP contribution >= 0.6 is 11.3 Å². The number of sulfonamides is 1. The van der Waals surface area contributed by atoms with Crippen LogP contribution in [0.25, 0.3) is 0 Å². The van der Waals surface area contributed by atoms with Crippen LogP contribution in [0.5, 0.6) is 0 Å². The Morgan fingerprint density at radius 1 is 1.31 bits per heavy atom. The van der Waals surface area contributed by atoms with Crippen molar-refractivity contribution in [1.82, 2.24) is 19.8 Å². The molecular formula is C19H27N5O3S2. The molecule has 1 aliphatic rings. The summed E-state index contributed by atoms with van der Waals surface area (Å²) in [5, 5.41) is 10.3. The first-order valence-electron chi connectivity index (χ1n) is 9.77. The summed E-state index contributed by atoms with van der Waals surface area (Å²) in [4.78, 5) is 14.7. The van der Waals surface area contributed by atoms with E-state index in [9.17, 15) is 13.2 Å². The molecule has 29 heavy (non-hydrogen) atoms. The number of hydrogen-bond acceptors (Lipinski definition) is 7. The van der Waals surface area contributed by atoms with E-state index in [4.69, 9.17) is 0 Å². The fourth-order valence-corrected chi connectivity index (χ4v) is 5.43. The summed E-state index contributed by atoms with van der Waals surface area (Å²) in [5.74, 6) is 0.363. The Morgan fingerprint density at radius 2 is 2.10 bits per heavy atom. The average molecular weight is 438 g/mol. The van der Waals surface area contributed by atoms with Gasteiger partial charge in [0.05, 0.1) is 0 Å². The van der Waals surface area contributed by atoms with Crippen molar-refractivity contribution in [2.75, 3.05) is 31.5 Å². The van der Waals surface area contributed by atoms with Crippen molar-refractivity contribution in [2.45, 2.75) is 37.4 Å². The molecule has 2 N–H and O–H groups in total. The lowest BCUT2D eigenvalue weighted by Gasteiger charge is -2.30. The lowest BCUT2D eigenvalue weighted by atomic mass is 10.0. The molecule has 0 aliphatic carbocycles. The van der Waals surface area contributed by atoms with Crippen molar-refractivity contribution >= 4 is 32.4 Å². The number of hydrogen-bond donors (Lipinski definition) is 2. The van der Waals surface area contributed by atoms with Crippen LogP contribution in [0.1, 0.15) is 42.1 Å². The number of nitrogens with one attached hydrogen (secondary N) is 2. The van der Waals surface area contributed by atoms with Crippen LogP contribution in [-0.2, 0) is 10.0 Å². The number of aryl methyl sites for hydroxylation is 1. The van der Waals surface area contributed by atoms with E-state index in [1.807, 2.05) is 19.1 Å². The van der Waals surface area contributed by atoms with Crippen molar-refractivity contribution in [3.63, 3.8) is 0 Å². The van der Waals surface area contributed by atoms with Gasteiger partial charge in [-0.2, -0.15) is 0 Å². The minimum atomic E-state index is -3.74. The number of rotatable bonds is 8. The largest absolute Gasteiger partial charge is 0.303 e. The zero-order chi connectivity index (χ0) is 20.9. The first kappa shape index (κ1) is 21.8. The molecule has 0 bridgehead atoms. The first-order chi connectivity index (χ1) is 13.8. The van der Waals surface area contributed by atoms with E-state index in [0.717, 1.165) is 43.0 Å². The molecule has 1 aromatic carbocycles. The third-order valence-electron chi connectivity index (χ3n) is 4.93. The number of carbonyl (C=O) groups is 1. The normalized spacial score (nSPS) is 17.9. The summed E-state index contributed by atoms with van der Waals surface area (Å²) in [6.07, 6.45) is 3.21. The lowest BCUT2D eigenvalue weighted by Crippen LogP contribution is -2.36. The third-order valence-corrected chi connectivity index (χ3v) is 7.60. The molecule has 1 atom stereocenters. The maximum atomic E-state index is 12.4. The van der Waals surface area contributed by atoms with Crippen LogP contribution in [0.15, 0.2) is 28.6 Å². The fourth-order valence-electron chi connectivity index (χ4n) is 3.42. The second kappa shape index (κ2) is 9.75. The maximum Gasteiger partial charge on any atom is 0.269 e. The van der Waals surface area contributed by atoms with Gasteiger partial charge in [-0.15, -0.1) is 10.2 Å². The molecule has 0 saturated carbocycles. The van der Waals surface area contributed by atoms with Gasteiger partial charge >= 0.3 is 0 Å². The zero-order valence-electron chi connectivity index (χ0n) is 16.7. The summed E-state index contributed by atoms with van der Waals surface area (Å²) < 4.78 is 27.3. The van der Waals surface area contributed by atoms with Gasteiger partial charge in [0, 0.05) is 18.7 Å². The molecule has 2 aromatic rings. The second-order valence-electron chi connectivity index (χ2n) is 7.44. The van der Waals surface area contributed by atoms with Gasteiger partial charge in [0.25, 0.3) is 15.9 Å². The minimum absolute atomic E-state index is 0.149. The van der Waals surface area contributed by atoms with Gasteiger partial charge in [0.2, 0.25) is 9.47 Å². The average Bonchev–Trinajstić information content (AvgIpc) is 3.15. The van der Waals surface area contributed by atoms with Crippen molar-refractivity contribution < 1.29 is 13.2 Å². The van der Waals surface area contributed by atoms with E-state index in [1.165, 1.54) is 12.8 Å². The molecule has 1 saturated heterocycles. The molecule has 3 rings (SSSR count). The highest BCUT2D eigenvalue weighted by molar-refractivity contribution is 7.91. The Kier molecular flexibility index (Phi) is 7.33. The summed E-state index contributed by atoms with van der Waals surface area (Å²) in [6, 6.07) is 7.15. The quantitative estimate of drug-likeness (QED) is 0.486. The Morgan fingerprint density at radius 3 is 2.86 bits per heavy atom. The third kappa shape index (κ3) is 6.05. The number of nitrogens with zero attached hydrogens (tertiary/aromatic N) is 3. The monoisotopic (exact) mass is 437 g/mol. The van der Waals surface area contributed by atoms with Gasteiger partial charge in [-0.25, -0.2) is 13.1 Å². The number of benzene rings is 1. The van der Waals surface area contributed by atoms with Crippen LogP contribution < -0.4 is 10.0 Å². The Bertz CT molecular complexity index is 945. The second-order valence-corrected chi connectivity index (χ2v) is 10.4. The van der Waals surface area contributed by atoms with E-state index in [1.54, 1.807) is 12.1 Å². The van der Waals surface area contributed by atoms with Gasteiger partial charge in [0.1, 0.15) is 0 Å². The van der Waals surface area contributed by atoms with Gasteiger partial charge in [0.15, 0.2) is 0 Å². The molecule has 0 radical (unpaired) electrons. The molecule has 1 amide bonds. The SMILES string of the molecule is Cc1ccccc1C(=O)Nc1nnc(S(=O)(=O)NCCCN2CCCC(C)C2)s1. The first-order valence-corrected chi connectivity index (χ1v) is 12.1. The molecule has 2 heterocycles. The Labute approximate surface area is 175 Å². The van der Waals surface area contributed by atoms with E-state index in [2.05, 4.69) is 32.1 Å².